The van der Waals surface area contributed by atoms with E-state index in [4.69, 9.17) is 4.74 Å². The highest BCUT2D eigenvalue weighted by Crippen LogP contribution is 2.46. The molecule has 2 heterocycles. The number of carbonyl (C=O) groups excluding carboxylic acids is 2. The Kier molecular flexibility index (Phi) is 4.27. The first-order valence-electron chi connectivity index (χ1n) is 7.91. The van der Waals surface area contributed by atoms with Crippen LogP contribution in [0.3, 0.4) is 0 Å². The molecule has 2 saturated heterocycles. The average molecular weight is 334 g/mol. The highest BCUT2D eigenvalue weighted by Gasteiger charge is 2.56. The maximum absolute atomic E-state index is 12.5. The lowest BCUT2D eigenvalue weighted by atomic mass is 10.0. The van der Waals surface area contributed by atoms with Crippen molar-refractivity contribution in [3.8, 4) is 5.75 Å². The van der Waals surface area contributed by atoms with Crippen molar-refractivity contribution in [3.63, 3.8) is 0 Å². The van der Waals surface area contributed by atoms with E-state index < -0.39 is 12.1 Å². The second-order valence-corrected chi connectivity index (χ2v) is 8.37. The number of fused-ring (bicyclic) bond motifs is 1. The molecule has 0 aromatic heterocycles. The van der Waals surface area contributed by atoms with Gasteiger partial charge in [-0.15, -0.1) is 11.8 Å². The molecular weight excluding hydrogens is 312 g/mol. The van der Waals surface area contributed by atoms with Crippen molar-refractivity contribution in [2.75, 3.05) is 6.54 Å². The molecule has 6 heteroatoms. The first-order valence-corrected chi connectivity index (χ1v) is 8.79. The number of carbonyl (C=O) groups is 2. The van der Waals surface area contributed by atoms with E-state index in [0.717, 1.165) is 6.54 Å². The summed E-state index contributed by atoms with van der Waals surface area (Å²) >= 11 is 1.74. The van der Waals surface area contributed by atoms with Gasteiger partial charge in [-0.3, -0.25) is 9.59 Å². The summed E-state index contributed by atoms with van der Waals surface area (Å²) in [6.07, 6.45) is -0.0343. The van der Waals surface area contributed by atoms with E-state index in [1.165, 1.54) is 0 Å². The van der Waals surface area contributed by atoms with Gasteiger partial charge in [0, 0.05) is 11.3 Å². The smallest absolute Gasteiger partial charge is 0.261 e. The zero-order valence-corrected chi connectivity index (χ0v) is 14.4. The fourth-order valence-corrected chi connectivity index (χ4v) is 4.46. The Labute approximate surface area is 140 Å². The number of β-lactam (4-membered cyclic amide) rings is 1. The molecule has 2 fully saturated rings. The average Bonchev–Trinajstić information content (AvgIpc) is 2.83. The van der Waals surface area contributed by atoms with Crippen LogP contribution in [0.5, 0.6) is 5.75 Å². The third-order valence-electron chi connectivity index (χ3n) is 4.11. The Balaban J connectivity index is 1.61. The van der Waals surface area contributed by atoms with Crippen molar-refractivity contribution >= 4 is 23.6 Å². The number of para-hydroxylation sites is 1. The maximum atomic E-state index is 12.5. The monoisotopic (exact) mass is 334 g/mol. The van der Waals surface area contributed by atoms with Crippen molar-refractivity contribution in [1.82, 2.24) is 10.2 Å². The number of hydrogen-bond donors (Lipinski definition) is 1. The van der Waals surface area contributed by atoms with Gasteiger partial charge in [0.2, 0.25) is 5.91 Å². The van der Waals surface area contributed by atoms with Crippen LogP contribution in [0.2, 0.25) is 0 Å². The van der Waals surface area contributed by atoms with Crippen molar-refractivity contribution in [1.29, 1.82) is 0 Å². The molecule has 3 atom stereocenters. The molecule has 3 rings (SSSR count). The quantitative estimate of drug-likeness (QED) is 0.837. The second-order valence-electron chi connectivity index (χ2n) is 6.55. The molecule has 5 nitrogen and oxygen atoms in total. The van der Waals surface area contributed by atoms with Crippen LogP contribution in [0.15, 0.2) is 30.3 Å². The Morgan fingerprint density at radius 2 is 2.13 bits per heavy atom. The first kappa shape index (κ1) is 16.2. The standard InChI is InChI=1S/C17H22N2O3S/c1-4-12(22-11-8-6-5-7-9-11)14(20)18-13-15(21)19-10-17(2,3)23-16(13)19/h5-9,12-13,16H,4,10H2,1-3H3,(H,18,20)/t12?,13-,16?/m1/s1. The van der Waals surface area contributed by atoms with Gasteiger partial charge in [-0.05, 0) is 32.4 Å². The molecule has 23 heavy (non-hydrogen) atoms. The van der Waals surface area contributed by atoms with Crippen LogP contribution in [0.25, 0.3) is 0 Å². The summed E-state index contributed by atoms with van der Waals surface area (Å²) in [6.45, 7) is 6.88. The predicted octanol–water partition coefficient (Wildman–Crippen LogP) is 2.02. The Hall–Kier alpha value is -1.69. The normalized spacial score (nSPS) is 26.2. The van der Waals surface area contributed by atoms with Crippen LogP contribution < -0.4 is 10.1 Å². The van der Waals surface area contributed by atoms with Crippen LogP contribution in [0, 0.1) is 0 Å². The highest BCUT2D eigenvalue weighted by molar-refractivity contribution is 8.01. The number of amides is 2. The molecule has 0 saturated carbocycles. The highest BCUT2D eigenvalue weighted by atomic mass is 32.2. The number of rotatable bonds is 5. The van der Waals surface area contributed by atoms with E-state index in [-0.39, 0.29) is 21.9 Å². The van der Waals surface area contributed by atoms with Crippen molar-refractivity contribution in [3.05, 3.63) is 30.3 Å². The third kappa shape index (κ3) is 3.17. The SMILES string of the molecule is CCC(Oc1ccccc1)C(=O)N[C@@H]1C(=O)N2CC(C)(C)SC12. The second kappa shape index (κ2) is 6.07. The molecule has 0 spiro atoms. The summed E-state index contributed by atoms with van der Waals surface area (Å²) in [5.74, 6) is 0.447. The van der Waals surface area contributed by atoms with Crippen LogP contribution in [0.1, 0.15) is 27.2 Å². The van der Waals surface area contributed by atoms with E-state index >= 15 is 0 Å². The van der Waals surface area contributed by atoms with Gasteiger partial charge in [0.15, 0.2) is 6.10 Å². The summed E-state index contributed by atoms with van der Waals surface area (Å²) < 4.78 is 5.78. The lowest BCUT2D eigenvalue weighted by Crippen LogP contribution is -2.68. The fraction of sp³-hybridized carbons (Fsp3) is 0.529. The summed E-state index contributed by atoms with van der Waals surface area (Å²) in [7, 11) is 0. The minimum absolute atomic E-state index is 0.0102. The molecule has 2 aliphatic rings. The molecule has 1 aromatic carbocycles. The minimum atomic E-state index is -0.585. The molecule has 0 aliphatic carbocycles. The largest absolute Gasteiger partial charge is 0.481 e. The zero-order chi connectivity index (χ0) is 16.6. The molecule has 0 radical (unpaired) electrons. The lowest BCUT2D eigenvalue weighted by Gasteiger charge is -2.42. The number of ether oxygens (including phenoxy) is 1. The van der Waals surface area contributed by atoms with Gasteiger partial charge in [-0.2, -0.15) is 0 Å². The molecule has 2 amide bonds. The summed E-state index contributed by atoms with van der Waals surface area (Å²) in [6, 6.07) is 8.84. The summed E-state index contributed by atoms with van der Waals surface area (Å²) in [5, 5.41) is 2.92. The predicted molar refractivity (Wildman–Crippen MR) is 90.3 cm³/mol. The van der Waals surface area contributed by atoms with Crippen LogP contribution in [0.4, 0.5) is 0 Å². The van der Waals surface area contributed by atoms with Gasteiger partial charge in [0.1, 0.15) is 17.2 Å². The Morgan fingerprint density at radius 1 is 1.43 bits per heavy atom. The molecule has 1 aromatic rings. The molecular formula is C17H22N2O3S. The molecule has 1 N–H and O–H groups in total. The van der Waals surface area contributed by atoms with Gasteiger partial charge in [0.25, 0.3) is 5.91 Å². The van der Waals surface area contributed by atoms with E-state index in [9.17, 15) is 9.59 Å². The number of benzene rings is 1. The van der Waals surface area contributed by atoms with E-state index in [2.05, 4.69) is 19.2 Å². The minimum Gasteiger partial charge on any atom is -0.481 e. The molecule has 0 bridgehead atoms. The summed E-state index contributed by atoms with van der Waals surface area (Å²) in [5.41, 5.74) is 0. The number of hydrogen-bond acceptors (Lipinski definition) is 4. The third-order valence-corrected chi connectivity index (χ3v) is 5.65. The molecule has 2 aliphatic heterocycles. The zero-order valence-electron chi connectivity index (χ0n) is 13.6. The van der Waals surface area contributed by atoms with Crippen LogP contribution >= 0.6 is 11.8 Å². The number of nitrogens with zero attached hydrogens (tertiary/aromatic N) is 1. The van der Waals surface area contributed by atoms with Crippen molar-refractivity contribution < 1.29 is 14.3 Å². The van der Waals surface area contributed by atoms with Gasteiger partial charge in [-0.1, -0.05) is 25.1 Å². The Bertz CT molecular complexity index is 605. The van der Waals surface area contributed by atoms with E-state index in [1.807, 2.05) is 42.2 Å². The van der Waals surface area contributed by atoms with Crippen molar-refractivity contribution in [2.24, 2.45) is 0 Å². The first-order chi connectivity index (χ1) is 10.9. The molecule has 124 valence electrons. The van der Waals surface area contributed by atoms with Gasteiger partial charge in [-0.25, -0.2) is 0 Å². The van der Waals surface area contributed by atoms with Gasteiger partial charge in [0.05, 0.1) is 0 Å². The fourth-order valence-electron chi connectivity index (χ4n) is 2.96. The van der Waals surface area contributed by atoms with Gasteiger partial charge < -0.3 is 15.0 Å². The topological polar surface area (TPSA) is 58.6 Å². The summed E-state index contributed by atoms with van der Waals surface area (Å²) in [4.78, 5) is 26.5. The Morgan fingerprint density at radius 3 is 2.78 bits per heavy atom. The lowest BCUT2D eigenvalue weighted by molar-refractivity contribution is -0.149. The van der Waals surface area contributed by atoms with Gasteiger partial charge >= 0.3 is 0 Å². The van der Waals surface area contributed by atoms with Crippen molar-refractivity contribution in [2.45, 2.75) is 49.5 Å². The van der Waals surface area contributed by atoms with E-state index in [0.29, 0.717) is 12.2 Å². The number of thioether (sulfide) groups is 1. The maximum Gasteiger partial charge on any atom is 0.261 e. The van der Waals surface area contributed by atoms with E-state index in [1.54, 1.807) is 11.8 Å². The van der Waals surface area contributed by atoms with Crippen LogP contribution in [-0.2, 0) is 9.59 Å². The molecule has 2 unspecified atom stereocenters. The van der Waals surface area contributed by atoms with Crippen LogP contribution in [-0.4, -0.2) is 45.5 Å². The number of nitrogens with one attached hydrogen (secondary N) is 1.